The molecule has 0 saturated heterocycles. The Labute approximate surface area is 100 Å². The lowest BCUT2D eigenvalue weighted by molar-refractivity contribution is 0.322. The molecule has 0 spiro atoms. The van der Waals surface area contributed by atoms with Crippen LogP contribution in [0.2, 0.25) is 0 Å². The van der Waals surface area contributed by atoms with E-state index in [1.165, 1.54) is 44.9 Å². The molecule has 0 radical (unpaired) electrons. The van der Waals surface area contributed by atoms with Gasteiger partial charge in [0.1, 0.15) is 0 Å². The maximum Gasteiger partial charge on any atom is 0.190 e. The van der Waals surface area contributed by atoms with Crippen LogP contribution in [0.1, 0.15) is 51.9 Å². The van der Waals surface area contributed by atoms with E-state index in [2.05, 4.69) is 22.5 Å². The second-order valence-corrected chi connectivity index (χ2v) is 4.95. The van der Waals surface area contributed by atoms with E-state index in [4.69, 9.17) is 0 Å². The third-order valence-corrected chi connectivity index (χ3v) is 3.58. The van der Waals surface area contributed by atoms with Gasteiger partial charge in [0.15, 0.2) is 5.96 Å². The smallest absolute Gasteiger partial charge is 0.190 e. The molecule has 0 aromatic heterocycles. The molecule has 16 heavy (non-hydrogen) atoms. The Bertz CT molecular complexity index is 207. The minimum Gasteiger partial charge on any atom is -0.359 e. The van der Waals surface area contributed by atoms with Crippen molar-refractivity contribution in [1.82, 2.24) is 10.6 Å². The second kappa shape index (κ2) is 7.53. The minimum absolute atomic E-state index is 0.521. The van der Waals surface area contributed by atoms with Gasteiger partial charge in [-0.15, -0.1) is 0 Å². The first-order valence-corrected chi connectivity index (χ1v) is 6.67. The fourth-order valence-corrected chi connectivity index (χ4v) is 2.52. The van der Waals surface area contributed by atoms with Gasteiger partial charge in [0.2, 0.25) is 0 Å². The van der Waals surface area contributed by atoms with Gasteiger partial charge in [0.05, 0.1) is 0 Å². The molecular formula is C13H27N3. The highest BCUT2D eigenvalue weighted by atomic mass is 15.2. The van der Waals surface area contributed by atoms with E-state index in [1.807, 2.05) is 14.1 Å². The number of nitrogens with one attached hydrogen (secondary N) is 2. The second-order valence-electron chi connectivity index (χ2n) is 4.95. The standard InChI is InChI=1S/C13H27N3/c1-11(16-13(14-2)15-3)9-10-12-7-5-4-6-8-12/h11-12H,4-10H2,1-3H3,(H2,14,15,16). The van der Waals surface area contributed by atoms with Gasteiger partial charge in [-0.25, -0.2) is 0 Å². The quantitative estimate of drug-likeness (QED) is 0.570. The highest BCUT2D eigenvalue weighted by Gasteiger charge is 2.14. The zero-order valence-electron chi connectivity index (χ0n) is 11.1. The van der Waals surface area contributed by atoms with Crippen molar-refractivity contribution in [3.63, 3.8) is 0 Å². The van der Waals surface area contributed by atoms with Crippen LogP contribution in [0.5, 0.6) is 0 Å². The van der Waals surface area contributed by atoms with Crippen LogP contribution in [0, 0.1) is 5.92 Å². The Kier molecular flexibility index (Phi) is 6.27. The van der Waals surface area contributed by atoms with E-state index in [9.17, 15) is 0 Å². The highest BCUT2D eigenvalue weighted by Crippen LogP contribution is 2.27. The molecule has 0 bridgehead atoms. The van der Waals surface area contributed by atoms with E-state index >= 15 is 0 Å². The summed E-state index contributed by atoms with van der Waals surface area (Å²) in [6, 6.07) is 0.521. The molecule has 3 nitrogen and oxygen atoms in total. The minimum atomic E-state index is 0.521. The van der Waals surface area contributed by atoms with Crippen molar-refractivity contribution in [2.45, 2.75) is 57.9 Å². The molecule has 0 aromatic carbocycles. The summed E-state index contributed by atoms with van der Waals surface area (Å²) in [6.45, 7) is 2.24. The van der Waals surface area contributed by atoms with Crippen molar-refractivity contribution < 1.29 is 0 Å². The van der Waals surface area contributed by atoms with Crippen molar-refractivity contribution >= 4 is 5.96 Å². The molecule has 1 atom stereocenters. The molecular weight excluding hydrogens is 198 g/mol. The van der Waals surface area contributed by atoms with E-state index in [1.54, 1.807) is 0 Å². The Morgan fingerprint density at radius 3 is 2.56 bits per heavy atom. The van der Waals surface area contributed by atoms with Crippen molar-refractivity contribution in [3.8, 4) is 0 Å². The molecule has 3 heteroatoms. The lowest BCUT2D eigenvalue weighted by atomic mass is 9.85. The van der Waals surface area contributed by atoms with E-state index < -0.39 is 0 Å². The van der Waals surface area contributed by atoms with Gasteiger partial charge in [-0.1, -0.05) is 32.1 Å². The van der Waals surface area contributed by atoms with Crippen molar-refractivity contribution in [2.24, 2.45) is 10.9 Å². The topological polar surface area (TPSA) is 36.4 Å². The molecule has 0 heterocycles. The highest BCUT2D eigenvalue weighted by molar-refractivity contribution is 5.79. The number of guanidine groups is 1. The first-order valence-electron chi connectivity index (χ1n) is 6.67. The normalized spacial score (nSPS) is 20.6. The fourth-order valence-electron chi connectivity index (χ4n) is 2.52. The number of nitrogens with zero attached hydrogens (tertiary/aromatic N) is 1. The summed E-state index contributed by atoms with van der Waals surface area (Å²) in [4.78, 5) is 4.14. The average Bonchev–Trinajstić information content (AvgIpc) is 2.34. The summed E-state index contributed by atoms with van der Waals surface area (Å²) < 4.78 is 0. The van der Waals surface area contributed by atoms with Gasteiger partial charge >= 0.3 is 0 Å². The molecule has 1 unspecified atom stereocenters. The number of hydrogen-bond acceptors (Lipinski definition) is 1. The molecule has 0 aromatic rings. The van der Waals surface area contributed by atoms with Crippen molar-refractivity contribution in [1.29, 1.82) is 0 Å². The molecule has 2 N–H and O–H groups in total. The third-order valence-electron chi connectivity index (χ3n) is 3.58. The Hall–Kier alpha value is -0.730. The van der Waals surface area contributed by atoms with Gasteiger partial charge in [0.25, 0.3) is 0 Å². The first-order chi connectivity index (χ1) is 7.76. The number of aliphatic imine (C=N–C) groups is 1. The zero-order chi connectivity index (χ0) is 11.8. The molecule has 0 aliphatic heterocycles. The van der Waals surface area contributed by atoms with Crippen LogP contribution in [0.25, 0.3) is 0 Å². The Morgan fingerprint density at radius 1 is 1.31 bits per heavy atom. The van der Waals surface area contributed by atoms with Gasteiger partial charge in [-0.05, 0) is 25.7 Å². The molecule has 94 valence electrons. The lowest BCUT2D eigenvalue weighted by Crippen LogP contribution is -2.40. The van der Waals surface area contributed by atoms with Gasteiger partial charge in [-0.3, -0.25) is 4.99 Å². The van der Waals surface area contributed by atoms with Crippen LogP contribution in [0.3, 0.4) is 0 Å². The van der Waals surface area contributed by atoms with Crippen LogP contribution in [0.15, 0.2) is 4.99 Å². The van der Waals surface area contributed by atoms with E-state index in [0.717, 1.165) is 11.9 Å². The van der Waals surface area contributed by atoms with Crippen LogP contribution >= 0.6 is 0 Å². The van der Waals surface area contributed by atoms with Gasteiger partial charge in [0, 0.05) is 20.1 Å². The lowest BCUT2D eigenvalue weighted by Gasteiger charge is -2.23. The Balaban J connectivity index is 2.16. The van der Waals surface area contributed by atoms with Crippen LogP contribution < -0.4 is 10.6 Å². The van der Waals surface area contributed by atoms with Gasteiger partial charge in [-0.2, -0.15) is 0 Å². The molecule has 1 saturated carbocycles. The summed E-state index contributed by atoms with van der Waals surface area (Å²) in [5.41, 5.74) is 0. The van der Waals surface area contributed by atoms with Crippen LogP contribution in [-0.2, 0) is 0 Å². The Morgan fingerprint density at radius 2 is 2.00 bits per heavy atom. The predicted octanol–water partition coefficient (Wildman–Crippen LogP) is 2.53. The van der Waals surface area contributed by atoms with Crippen molar-refractivity contribution in [3.05, 3.63) is 0 Å². The third kappa shape index (κ3) is 4.86. The predicted molar refractivity (Wildman–Crippen MR) is 70.8 cm³/mol. The molecule has 1 rings (SSSR count). The van der Waals surface area contributed by atoms with Gasteiger partial charge < -0.3 is 10.6 Å². The summed E-state index contributed by atoms with van der Waals surface area (Å²) in [5, 5.41) is 6.45. The zero-order valence-corrected chi connectivity index (χ0v) is 11.1. The van der Waals surface area contributed by atoms with E-state index in [-0.39, 0.29) is 0 Å². The molecule has 0 amide bonds. The number of rotatable bonds is 4. The first kappa shape index (κ1) is 13.3. The average molecular weight is 225 g/mol. The molecule has 1 aliphatic rings. The summed E-state index contributed by atoms with van der Waals surface area (Å²) >= 11 is 0. The SMILES string of the molecule is CN=C(NC)NC(C)CCC1CCCCC1. The van der Waals surface area contributed by atoms with E-state index in [0.29, 0.717) is 6.04 Å². The fraction of sp³-hybridized carbons (Fsp3) is 0.923. The molecule has 1 aliphatic carbocycles. The summed E-state index contributed by atoms with van der Waals surface area (Å²) in [5.74, 6) is 1.88. The van der Waals surface area contributed by atoms with Crippen molar-refractivity contribution in [2.75, 3.05) is 14.1 Å². The summed E-state index contributed by atoms with van der Waals surface area (Å²) in [6.07, 6.45) is 9.88. The summed E-state index contributed by atoms with van der Waals surface area (Å²) in [7, 11) is 3.72. The largest absolute Gasteiger partial charge is 0.359 e. The van der Waals surface area contributed by atoms with Crippen LogP contribution in [-0.4, -0.2) is 26.1 Å². The molecule has 1 fully saturated rings. The monoisotopic (exact) mass is 225 g/mol. The maximum atomic E-state index is 4.14. The number of hydrogen-bond donors (Lipinski definition) is 2. The van der Waals surface area contributed by atoms with Crippen LogP contribution in [0.4, 0.5) is 0 Å². The maximum absolute atomic E-state index is 4.14.